The number of pyridine rings is 1. The lowest BCUT2D eigenvalue weighted by Gasteiger charge is -2.38. The van der Waals surface area contributed by atoms with Crippen LogP contribution in [0.2, 0.25) is 5.15 Å². The molecule has 156 valence electrons. The van der Waals surface area contributed by atoms with Gasteiger partial charge in [0.2, 0.25) is 5.91 Å². The van der Waals surface area contributed by atoms with Gasteiger partial charge in [-0.25, -0.2) is 9.48 Å². The zero-order valence-electron chi connectivity index (χ0n) is 17.0. The fourth-order valence-corrected chi connectivity index (χ4v) is 4.25. The summed E-state index contributed by atoms with van der Waals surface area (Å²) in [6, 6.07) is 3.46. The fourth-order valence-electron chi connectivity index (χ4n) is 3.99. The van der Waals surface area contributed by atoms with Crippen LogP contribution in [0, 0.1) is 5.92 Å². The predicted molar refractivity (Wildman–Crippen MR) is 111 cm³/mol. The van der Waals surface area contributed by atoms with E-state index in [0.717, 1.165) is 5.69 Å². The summed E-state index contributed by atoms with van der Waals surface area (Å²) in [6.45, 7) is 5.61. The van der Waals surface area contributed by atoms with E-state index in [2.05, 4.69) is 10.1 Å². The second kappa shape index (κ2) is 8.02. The summed E-state index contributed by atoms with van der Waals surface area (Å²) in [4.78, 5) is 31.9. The maximum Gasteiger partial charge on any atom is 0.407 e. The summed E-state index contributed by atoms with van der Waals surface area (Å²) in [5.41, 5.74) is 0.730. The first-order valence-electron chi connectivity index (χ1n) is 9.55. The normalized spacial score (nSPS) is 19.2. The van der Waals surface area contributed by atoms with E-state index in [4.69, 9.17) is 11.6 Å². The molecule has 0 spiro atoms. The molecular weight excluding hydrogens is 394 g/mol. The van der Waals surface area contributed by atoms with Gasteiger partial charge in [-0.1, -0.05) is 11.6 Å². The number of hydrogen-bond donors (Lipinski definition) is 1. The molecule has 1 fully saturated rings. The summed E-state index contributed by atoms with van der Waals surface area (Å²) in [5.74, 6) is -0.341. The van der Waals surface area contributed by atoms with E-state index < -0.39 is 11.6 Å². The molecule has 2 amide bonds. The predicted octanol–water partition coefficient (Wildman–Crippen LogP) is 3.83. The molecule has 29 heavy (non-hydrogen) atoms. The first kappa shape index (κ1) is 21.1. The zero-order chi connectivity index (χ0) is 21.3. The summed E-state index contributed by atoms with van der Waals surface area (Å²) < 4.78 is 1.58. The van der Waals surface area contributed by atoms with Gasteiger partial charge in [0, 0.05) is 30.7 Å². The standard InChI is InChI=1S/C20H26ClN5O3/c1-20(2,3)26(19(28)29)14-8-7-13(10-14)18(27)24(4)16-12-25(23-17(16)21)15-6-5-9-22-11-15/h5-6,9,11-14H,7-8,10H2,1-4H3,(H,28,29)/t13-,14+/m1/s1. The van der Waals surface area contributed by atoms with E-state index in [1.807, 2.05) is 26.8 Å². The molecule has 2 atom stereocenters. The summed E-state index contributed by atoms with van der Waals surface area (Å²) >= 11 is 6.29. The monoisotopic (exact) mass is 419 g/mol. The van der Waals surface area contributed by atoms with E-state index in [9.17, 15) is 14.7 Å². The molecule has 3 rings (SSSR count). The lowest BCUT2D eigenvalue weighted by molar-refractivity contribution is -0.122. The molecule has 9 heteroatoms. The number of halogens is 1. The molecule has 0 radical (unpaired) electrons. The second-order valence-corrected chi connectivity index (χ2v) is 8.70. The molecule has 0 unspecified atom stereocenters. The van der Waals surface area contributed by atoms with Crippen molar-refractivity contribution in [2.75, 3.05) is 11.9 Å². The average molecular weight is 420 g/mol. The molecular formula is C20H26ClN5O3. The Hall–Kier alpha value is -2.61. The van der Waals surface area contributed by atoms with E-state index in [1.165, 1.54) is 9.80 Å². The van der Waals surface area contributed by atoms with Crippen molar-refractivity contribution in [1.82, 2.24) is 19.7 Å². The van der Waals surface area contributed by atoms with Crippen LogP contribution in [0.25, 0.3) is 5.69 Å². The Morgan fingerprint density at radius 2 is 2.03 bits per heavy atom. The Kier molecular flexibility index (Phi) is 5.84. The Labute approximate surface area is 175 Å². The van der Waals surface area contributed by atoms with Gasteiger partial charge >= 0.3 is 6.09 Å². The van der Waals surface area contributed by atoms with Gasteiger partial charge in [-0.3, -0.25) is 9.78 Å². The Balaban J connectivity index is 1.75. The molecule has 0 bridgehead atoms. The minimum absolute atomic E-state index is 0.0839. The summed E-state index contributed by atoms with van der Waals surface area (Å²) in [6.07, 6.45) is 5.87. The van der Waals surface area contributed by atoms with Crippen LogP contribution < -0.4 is 4.90 Å². The van der Waals surface area contributed by atoms with Gasteiger partial charge in [-0.2, -0.15) is 5.10 Å². The van der Waals surface area contributed by atoms with E-state index in [1.54, 1.807) is 36.4 Å². The Morgan fingerprint density at radius 1 is 1.31 bits per heavy atom. The van der Waals surface area contributed by atoms with E-state index >= 15 is 0 Å². The number of aromatic nitrogens is 3. The average Bonchev–Trinajstić information content (AvgIpc) is 3.27. The van der Waals surface area contributed by atoms with Crippen molar-refractivity contribution in [1.29, 1.82) is 0 Å². The van der Waals surface area contributed by atoms with Crippen molar-refractivity contribution in [3.63, 3.8) is 0 Å². The molecule has 0 saturated heterocycles. The van der Waals surface area contributed by atoms with Crippen molar-refractivity contribution in [2.24, 2.45) is 5.92 Å². The number of carbonyl (C=O) groups is 2. The molecule has 1 aliphatic rings. The third-order valence-corrected chi connectivity index (χ3v) is 5.57. The first-order chi connectivity index (χ1) is 13.6. The van der Waals surface area contributed by atoms with Gasteiger partial charge in [0.25, 0.3) is 0 Å². The van der Waals surface area contributed by atoms with Gasteiger partial charge < -0.3 is 14.9 Å². The number of anilines is 1. The van der Waals surface area contributed by atoms with Crippen LogP contribution in [0.4, 0.5) is 10.5 Å². The van der Waals surface area contributed by atoms with Crippen molar-refractivity contribution in [3.05, 3.63) is 35.9 Å². The Bertz CT molecular complexity index is 893. The maximum absolute atomic E-state index is 13.1. The SMILES string of the molecule is CN(C(=O)[C@@H]1CC[C@H](N(C(=O)O)C(C)(C)C)C1)c1cn(-c2cccnc2)nc1Cl. The molecule has 8 nitrogen and oxygen atoms in total. The van der Waals surface area contributed by atoms with Crippen molar-refractivity contribution in [2.45, 2.75) is 51.6 Å². The van der Waals surface area contributed by atoms with Crippen molar-refractivity contribution >= 4 is 29.3 Å². The first-order valence-corrected chi connectivity index (χ1v) is 9.92. The lowest BCUT2D eigenvalue weighted by atomic mass is 10.0. The minimum Gasteiger partial charge on any atom is -0.465 e. The van der Waals surface area contributed by atoms with Gasteiger partial charge in [-0.05, 0) is 52.2 Å². The van der Waals surface area contributed by atoms with Gasteiger partial charge in [0.05, 0.1) is 18.1 Å². The number of carboxylic acid groups (broad SMARTS) is 1. The summed E-state index contributed by atoms with van der Waals surface area (Å²) in [5, 5.41) is 14.1. The zero-order valence-corrected chi connectivity index (χ0v) is 17.8. The van der Waals surface area contributed by atoms with Crippen LogP contribution in [0.1, 0.15) is 40.0 Å². The molecule has 2 aromatic heterocycles. The molecule has 0 aromatic carbocycles. The molecule has 1 aliphatic carbocycles. The molecule has 2 heterocycles. The maximum atomic E-state index is 13.1. The minimum atomic E-state index is -0.954. The number of rotatable bonds is 4. The topological polar surface area (TPSA) is 91.6 Å². The highest BCUT2D eigenvalue weighted by atomic mass is 35.5. The highest BCUT2D eigenvalue weighted by molar-refractivity contribution is 6.32. The van der Waals surface area contributed by atoms with Gasteiger partial charge in [0.1, 0.15) is 5.69 Å². The van der Waals surface area contributed by atoms with Gasteiger partial charge in [0.15, 0.2) is 5.15 Å². The number of nitrogens with zero attached hydrogens (tertiary/aromatic N) is 5. The summed E-state index contributed by atoms with van der Waals surface area (Å²) in [7, 11) is 1.67. The van der Waals surface area contributed by atoms with Crippen molar-refractivity contribution < 1.29 is 14.7 Å². The number of carbonyl (C=O) groups excluding carboxylic acids is 1. The van der Waals surface area contributed by atoms with Crippen LogP contribution in [0.3, 0.4) is 0 Å². The van der Waals surface area contributed by atoms with Crippen molar-refractivity contribution in [3.8, 4) is 5.69 Å². The van der Waals surface area contributed by atoms with E-state index in [-0.39, 0.29) is 23.0 Å². The quantitative estimate of drug-likeness (QED) is 0.813. The number of hydrogen-bond acceptors (Lipinski definition) is 4. The van der Waals surface area contributed by atoms with Crippen LogP contribution >= 0.6 is 11.6 Å². The fraction of sp³-hybridized carbons (Fsp3) is 0.500. The van der Waals surface area contributed by atoms with Crippen LogP contribution in [-0.2, 0) is 4.79 Å². The lowest BCUT2D eigenvalue weighted by Crippen LogP contribution is -2.50. The third kappa shape index (κ3) is 4.37. The molecule has 1 N–H and O–H groups in total. The Morgan fingerprint density at radius 3 is 2.62 bits per heavy atom. The van der Waals surface area contributed by atoms with Crippen LogP contribution in [0.15, 0.2) is 30.7 Å². The smallest absolute Gasteiger partial charge is 0.407 e. The highest BCUT2D eigenvalue weighted by Crippen LogP contribution is 2.36. The molecule has 0 aliphatic heterocycles. The molecule has 2 aromatic rings. The second-order valence-electron chi connectivity index (χ2n) is 8.35. The van der Waals surface area contributed by atoms with E-state index in [0.29, 0.717) is 24.9 Å². The molecule has 1 saturated carbocycles. The van der Waals surface area contributed by atoms with Crippen LogP contribution in [-0.4, -0.2) is 55.4 Å². The van der Waals surface area contributed by atoms with Gasteiger partial charge in [-0.15, -0.1) is 0 Å². The highest BCUT2D eigenvalue weighted by Gasteiger charge is 2.41. The largest absolute Gasteiger partial charge is 0.465 e. The third-order valence-electron chi connectivity index (χ3n) is 5.30. The van der Waals surface area contributed by atoms with Crippen LogP contribution in [0.5, 0.6) is 0 Å². The number of amides is 2.